The number of carbonyl (C=O) groups is 1. The molecule has 0 radical (unpaired) electrons. The maximum absolute atomic E-state index is 12.9. The molecule has 0 unspecified atom stereocenters. The Morgan fingerprint density at radius 1 is 1.22 bits per heavy atom. The summed E-state index contributed by atoms with van der Waals surface area (Å²) in [5, 5.41) is 14.7. The number of benzene rings is 2. The largest absolute Gasteiger partial charge is 0.497 e. The second-order valence-electron chi connectivity index (χ2n) is 5.42. The van der Waals surface area contributed by atoms with Gasteiger partial charge in [-0.3, -0.25) is 4.79 Å². The van der Waals surface area contributed by atoms with Crippen molar-refractivity contribution in [1.82, 2.24) is 15.5 Å². The summed E-state index contributed by atoms with van der Waals surface area (Å²) in [6.45, 7) is 0.360. The molecule has 0 bridgehead atoms. The number of thioether (sulfide) groups is 1. The molecule has 0 aliphatic heterocycles. The number of nitrogens with zero attached hydrogens (tertiary/aromatic N) is 2. The zero-order valence-corrected chi connectivity index (χ0v) is 16.1. The van der Waals surface area contributed by atoms with E-state index in [1.54, 1.807) is 19.2 Å². The summed E-state index contributed by atoms with van der Waals surface area (Å²) in [5.74, 6) is 0.559. The van der Waals surface area contributed by atoms with Crippen molar-refractivity contribution in [1.29, 1.82) is 0 Å². The van der Waals surface area contributed by atoms with Crippen LogP contribution < -0.4 is 15.4 Å². The molecule has 0 aliphatic carbocycles. The molecular formula is C18H17FN4O2S2. The lowest BCUT2D eigenvalue weighted by Crippen LogP contribution is -2.24. The molecule has 2 N–H and O–H groups in total. The predicted octanol–water partition coefficient (Wildman–Crippen LogP) is 3.84. The first kappa shape index (κ1) is 19.1. The Labute approximate surface area is 164 Å². The number of amides is 1. The van der Waals surface area contributed by atoms with Gasteiger partial charge < -0.3 is 15.4 Å². The Kier molecular flexibility index (Phi) is 6.61. The molecule has 9 heteroatoms. The highest BCUT2D eigenvalue weighted by atomic mass is 32.2. The van der Waals surface area contributed by atoms with Crippen LogP contribution in [0.3, 0.4) is 0 Å². The first-order valence-corrected chi connectivity index (χ1v) is 9.81. The minimum absolute atomic E-state index is 0.123. The van der Waals surface area contributed by atoms with Crippen LogP contribution >= 0.6 is 23.1 Å². The van der Waals surface area contributed by atoms with Gasteiger partial charge in [0, 0.05) is 18.3 Å². The van der Waals surface area contributed by atoms with Gasteiger partial charge in [0.2, 0.25) is 11.0 Å². The van der Waals surface area contributed by atoms with Gasteiger partial charge in [-0.2, -0.15) is 0 Å². The van der Waals surface area contributed by atoms with Gasteiger partial charge in [0.15, 0.2) is 4.34 Å². The van der Waals surface area contributed by atoms with E-state index in [9.17, 15) is 9.18 Å². The van der Waals surface area contributed by atoms with E-state index in [0.29, 0.717) is 16.0 Å². The van der Waals surface area contributed by atoms with Gasteiger partial charge >= 0.3 is 0 Å². The van der Waals surface area contributed by atoms with Crippen molar-refractivity contribution < 1.29 is 13.9 Å². The minimum Gasteiger partial charge on any atom is -0.497 e. The number of carbonyl (C=O) groups excluding carboxylic acids is 1. The van der Waals surface area contributed by atoms with Crippen molar-refractivity contribution in [3.05, 3.63) is 59.9 Å². The number of ether oxygens (including phenoxy) is 1. The summed E-state index contributed by atoms with van der Waals surface area (Å²) < 4.78 is 18.7. The number of halogens is 1. The first-order valence-electron chi connectivity index (χ1n) is 8.01. The Balaban J connectivity index is 1.46. The number of aromatic nitrogens is 2. The van der Waals surface area contributed by atoms with Gasteiger partial charge in [0.1, 0.15) is 11.6 Å². The molecule has 0 aliphatic rings. The van der Waals surface area contributed by atoms with Gasteiger partial charge in [-0.25, -0.2) is 4.39 Å². The smallest absolute Gasteiger partial charge is 0.230 e. The second-order valence-corrected chi connectivity index (χ2v) is 7.62. The van der Waals surface area contributed by atoms with Crippen molar-refractivity contribution in [2.75, 3.05) is 18.2 Å². The second kappa shape index (κ2) is 9.33. The molecule has 0 atom stereocenters. The lowest BCUT2D eigenvalue weighted by molar-refractivity contribution is -0.118. The monoisotopic (exact) mass is 404 g/mol. The van der Waals surface area contributed by atoms with Crippen molar-refractivity contribution in [2.24, 2.45) is 0 Å². The summed E-state index contributed by atoms with van der Waals surface area (Å²) in [4.78, 5) is 11.9. The van der Waals surface area contributed by atoms with Gasteiger partial charge in [0.05, 0.1) is 12.9 Å². The lowest BCUT2D eigenvalue weighted by atomic mass is 10.2. The number of nitrogens with one attached hydrogen (secondary N) is 2. The van der Waals surface area contributed by atoms with E-state index in [1.165, 1.54) is 35.2 Å². The third-order valence-electron chi connectivity index (χ3n) is 3.46. The van der Waals surface area contributed by atoms with Gasteiger partial charge in [0.25, 0.3) is 0 Å². The molecule has 0 fully saturated rings. The van der Waals surface area contributed by atoms with Crippen molar-refractivity contribution in [3.8, 4) is 5.75 Å². The van der Waals surface area contributed by atoms with Crippen LogP contribution in [0, 0.1) is 5.82 Å². The molecule has 1 heterocycles. The third-order valence-corrected chi connectivity index (χ3v) is 5.43. The Hall–Kier alpha value is -2.65. The Morgan fingerprint density at radius 2 is 2.04 bits per heavy atom. The van der Waals surface area contributed by atoms with Crippen LogP contribution in [0.1, 0.15) is 5.56 Å². The van der Waals surface area contributed by atoms with E-state index >= 15 is 0 Å². The van der Waals surface area contributed by atoms with E-state index in [1.807, 2.05) is 24.3 Å². The minimum atomic E-state index is -0.296. The highest BCUT2D eigenvalue weighted by molar-refractivity contribution is 8.01. The van der Waals surface area contributed by atoms with Crippen LogP contribution in [0.2, 0.25) is 0 Å². The topological polar surface area (TPSA) is 76.1 Å². The van der Waals surface area contributed by atoms with Gasteiger partial charge in [-0.05, 0) is 29.8 Å². The quantitative estimate of drug-likeness (QED) is 0.556. The van der Waals surface area contributed by atoms with Crippen molar-refractivity contribution >= 4 is 39.8 Å². The maximum atomic E-state index is 12.9. The standard InChI is InChI=1S/C18H17FN4O2S2/c1-25-15-4-2-3-14(9-15)21-17-22-23-18(27-17)26-11-16(24)20-10-12-5-7-13(19)8-6-12/h2-9H,10-11H2,1H3,(H,20,24)(H,21,22). The van der Waals surface area contributed by atoms with Crippen molar-refractivity contribution in [3.63, 3.8) is 0 Å². The van der Waals surface area contributed by atoms with E-state index in [0.717, 1.165) is 17.0 Å². The van der Waals surface area contributed by atoms with E-state index in [4.69, 9.17) is 4.74 Å². The van der Waals surface area contributed by atoms with Crippen LogP contribution in [-0.4, -0.2) is 29.0 Å². The van der Waals surface area contributed by atoms with E-state index in [2.05, 4.69) is 20.8 Å². The van der Waals surface area contributed by atoms with Crippen LogP contribution in [0.5, 0.6) is 5.75 Å². The molecule has 0 saturated carbocycles. The molecule has 0 saturated heterocycles. The van der Waals surface area contributed by atoms with Crippen LogP contribution in [0.25, 0.3) is 0 Å². The number of hydrogen-bond donors (Lipinski definition) is 2. The molecule has 140 valence electrons. The molecule has 0 spiro atoms. The normalized spacial score (nSPS) is 10.4. The molecule has 3 aromatic rings. The van der Waals surface area contributed by atoms with Crippen LogP contribution in [-0.2, 0) is 11.3 Å². The zero-order valence-electron chi connectivity index (χ0n) is 14.4. The number of hydrogen-bond acceptors (Lipinski definition) is 7. The summed E-state index contributed by atoms with van der Waals surface area (Å²) in [6.07, 6.45) is 0. The zero-order chi connectivity index (χ0) is 19.1. The maximum Gasteiger partial charge on any atom is 0.230 e. The van der Waals surface area contributed by atoms with Gasteiger partial charge in [-0.1, -0.05) is 41.3 Å². The van der Waals surface area contributed by atoms with Crippen LogP contribution in [0.4, 0.5) is 15.2 Å². The Morgan fingerprint density at radius 3 is 2.81 bits per heavy atom. The van der Waals surface area contributed by atoms with Crippen molar-refractivity contribution in [2.45, 2.75) is 10.9 Å². The summed E-state index contributed by atoms with van der Waals surface area (Å²) in [6, 6.07) is 13.5. The summed E-state index contributed by atoms with van der Waals surface area (Å²) in [7, 11) is 1.61. The number of methoxy groups -OCH3 is 1. The average molecular weight is 404 g/mol. The Bertz CT molecular complexity index is 902. The fraction of sp³-hybridized carbons (Fsp3) is 0.167. The molecular weight excluding hydrogens is 387 g/mol. The number of rotatable bonds is 8. The third kappa shape index (κ3) is 5.93. The molecule has 2 aromatic carbocycles. The predicted molar refractivity (Wildman–Crippen MR) is 105 cm³/mol. The highest BCUT2D eigenvalue weighted by Gasteiger charge is 2.09. The molecule has 1 aromatic heterocycles. The molecule has 27 heavy (non-hydrogen) atoms. The van der Waals surface area contributed by atoms with Crippen LogP contribution in [0.15, 0.2) is 52.9 Å². The van der Waals surface area contributed by atoms with E-state index in [-0.39, 0.29) is 17.5 Å². The number of anilines is 2. The summed E-state index contributed by atoms with van der Waals surface area (Å²) >= 11 is 2.68. The summed E-state index contributed by atoms with van der Waals surface area (Å²) in [5.41, 5.74) is 1.69. The highest BCUT2D eigenvalue weighted by Crippen LogP contribution is 2.28. The first-order chi connectivity index (χ1) is 13.1. The SMILES string of the molecule is COc1cccc(Nc2nnc(SCC(=O)NCc3ccc(F)cc3)s2)c1. The van der Waals surface area contributed by atoms with E-state index < -0.39 is 0 Å². The lowest BCUT2D eigenvalue weighted by Gasteiger charge is -2.04. The average Bonchev–Trinajstić information content (AvgIpc) is 3.13. The molecule has 6 nitrogen and oxygen atoms in total. The fourth-order valence-electron chi connectivity index (χ4n) is 2.12. The molecule has 3 rings (SSSR count). The molecule has 1 amide bonds. The van der Waals surface area contributed by atoms with Gasteiger partial charge in [-0.15, -0.1) is 10.2 Å². The fourth-order valence-corrected chi connectivity index (χ4v) is 3.73.